The minimum absolute atomic E-state index is 1.18. The molecule has 0 aliphatic heterocycles. The van der Waals surface area contributed by atoms with Crippen molar-refractivity contribution in [3.63, 3.8) is 0 Å². The van der Waals surface area contributed by atoms with Crippen molar-refractivity contribution in [2.75, 3.05) is 0 Å². The Labute approximate surface area is 58.2 Å². The lowest BCUT2D eigenvalue weighted by Crippen LogP contribution is -2.43. The molecule has 0 heterocycles. The maximum absolute atomic E-state index is 8.75. The van der Waals surface area contributed by atoms with E-state index in [1.807, 2.05) is 0 Å². The summed E-state index contributed by atoms with van der Waals surface area (Å²) in [6.45, 7) is 1.23. The third-order valence-corrected chi connectivity index (χ3v) is 1.15. The van der Waals surface area contributed by atoms with Gasteiger partial charge in [-0.15, -0.1) is 0 Å². The van der Waals surface area contributed by atoms with Crippen LogP contribution in [0.3, 0.4) is 0 Å². The molecule has 0 saturated heterocycles. The Morgan fingerprint density at radius 1 is 0.800 bits per heavy atom. The molecular formula is C5H12O5. The molecule has 3 atom stereocenters. The highest BCUT2D eigenvalue weighted by Gasteiger charge is 2.26. The van der Waals surface area contributed by atoms with Gasteiger partial charge in [0, 0.05) is 0 Å². The zero-order chi connectivity index (χ0) is 8.31. The van der Waals surface area contributed by atoms with E-state index in [-0.39, 0.29) is 0 Å². The lowest BCUT2D eigenvalue weighted by atomic mass is 10.1. The fraction of sp³-hybridized carbons (Fsp3) is 1.00. The molecule has 0 aromatic heterocycles. The van der Waals surface area contributed by atoms with Gasteiger partial charge in [0.15, 0.2) is 6.29 Å². The normalized spacial score (nSPS) is 20.7. The minimum atomic E-state index is -2.02. The van der Waals surface area contributed by atoms with Gasteiger partial charge in [0.25, 0.3) is 0 Å². The Kier molecular flexibility index (Phi) is 3.77. The van der Waals surface area contributed by atoms with Gasteiger partial charge in [-0.2, -0.15) is 0 Å². The zero-order valence-electron chi connectivity index (χ0n) is 5.55. The molecule has 2 unspecified atom stereocenters. The van der Waals surface area contributed by atoms with Crippen LogP contribution in [0.25, 0.3) is 0 Å². The zero-order valence-corrected chi connectivity index (χ0v) is 5.55. The van der Waals surface area contributed by atoms with Crippen molar-refractivity contribution in [3.8, 4) is 0 Å². The van der Waals surface area contributed by atoms with Gasteiger partial charge in [-0.3, -0.25) is 0 Å². The second-order valence-corrected chi connectivity index (χ2v) is 2.14. The van der Waals surface area contributed by atoms with Crippen molar-refractivity contribution in [3.05, 3.63) is 0 Å². The van der Waals surface area contributed by atoms with Crippen molar-refractivity contribution in [1.29, 1.82) is 0 Å². The van der Waals surface area contributed by atoms with Gasteiger partial charge in [-0.1, -0.05) is 0 Å². The van der Waals surface area contributed by atoms with Crippen LogP contribution in [-0.4, -0.2) is 50.1 Å². The predicted octanol–water partition coefficient (Wildman–Crippen LogP) is -2.60. The Balaban J connectivity index is 3.81. The van der Waals surface area contributed by atoms with E-state index in [2.05, 4.69) is 0 Å². The average Bonchev–Trinajstić information content (AvgIpc) is 1.84. The Morgan fingerprint density at radius 2 is 1.20 bits per heavy atom. The van der Waals surface area contributed by atoms with Crippen LogP contribution in [-0.2, 0) is 0 Å². The Morgan fingerprint density at radius 3 is 1.30 bits per heavy atom. The van der Waals surface area contributed by atoms with Crippen molar-refractivity contribution >= 4 is 0 Å². The quantitative estimate of drug-likeness (QED) is 0.285. The summed E-state index contributed by atoms with van der Waals surface area (Å²) in [6.07, 6.45) is -6.46. The number of rotatable bonds is 3. The first-order valence-corrected chi connectivity index (χ1v) is 2.87. The van der Waals surface area contributed by atoms with E-state index in [9.17, 15) is 0 Å². The molecule has 0 aromatic carbocycles. The van der Waals surface area contributed by atoms with Gasteiger partial charge in [0.1, 0.15) is 12.2 Å². The molecule has 0 fully saturated rings. The van der Waals surface area contributed by atoms with Crippen LogP contribution in [0.1, 0.15) is 6.92 Å². The highest BCUT2D eigenvalue weighted by atomic mass is 16.5. The van der Waals surface area contributed by atoms with Crippen LogP contribution in [0.4, 0.5) is 0 Å². The molecule has 62 valence electrons. The van der Waals surface area contributed by atoms with E-state index in [4.69, 9.17) is 25.5 Å². The summed E-state index contributed by atoms with van der Waals surface area (Å²) in [7, 11) is 0. The van der Waals surface area contributed by atoms with E-state index in [0.29, 0.717) is 0 Å². The molecule has 0 bridgehead atoms. The topological polar surface area (TPSA) is 101 Å². The minimum Gasteiger partial charge on any atom is -0.391 e. The molecule has 5 N–H and O–H groups in total. The molecule has 0 spiro atoms. The summed E-state index contributed by atoms with van der Waals surface area (Å²) < 4.78 is 0. The van der Waals surface area contributed by atoms with Gasteiger partial charge >= 0.3 is 0 Å². The first kappa shape index (κ1) is 9.80. The van der Waals surface area contributed by atoms with E-state index in [0.717, 1.165) is 0 Å². The molecule has 0 radical (unpaired) electrons. The molecule has 5 nitrogen and oxygen atoms in total. The standard InChI is InChI=1S/C5H12O5/c1-2(6)3(7)4(8)5(9)10/h2-10H,1H3/t2?,3?,4-/m1/s1. The SMILES string of the molecule is CC(O)C(O)[C@@H](O)C(O)O. The van der Waals surface area contributed by atoms with E-state index < -0.39 is 24.6 Å². The monoisotopic (exact) mass is 152 g/mol. The third kappa shape index (κ3) is 2.59. The van der Waals surface area contributed by atoms with Gasteiger partial charge in [0.2, 0.25) is 0 Å². The summed E-state index contributed by atoms with van der Waals surface area (Å²) in [4.78, 5) is 0. The van der Waals surface area contributed by atoms with Crippen LogP contribution in [0.2, 0.25) is 0 Å². The van der Waals surface area contributed by atoms with Crippen LogP contribution < -0.4 is 0 Å². The summed E-state index contributed by atoms with van der Waals surface area (Å²) in [5.41, 5.74) is 0. The highest BCUT2D eigenvalue weighted by molar-refractivity contribution is 4.72. The van der Waals surface area contributed by atoms with Crippen molar-refractivity contribution in [1.82, 2.24) is 0 Å². The summed E-state index contributed by atoms with van der Waals surface area (Å²) in [5, 5.41) is 42.6. The van der Waals surface area contributed by atoms with Crippen molar-refractivity contribution < 1.29 is 25.5 Å². The fourth-order valence-electron chi connectivity index (χ4n) is 0.462. The molecule has 5 heteroatoms. The Bertz CT molecular complexity index is 80.0. The summed E-state index contributed by atoms with van der Waals surface area (Å²) >= 11 is 0. The molecule has 10 heavy (non-hydrogen) atoms. The fourth-order valence-corrected chi connectivity index (χ4v) is 0.462. The summed E-state index contributed by atoms with van der Waals surface area (Å²) in [5.74, 6) is 0. The van der Waals surface area contributed by atoms with Crippen LogP contribution in [0.15, 0.2) is 0 Å². The maximum Gasteiger partial charge on any atom is 0.180 e. The Hall–Kier alpha value is -0.200. The molecule has 0 aliphatic rings. The van der Waals surface area contributed by atoms with Gasteiger partial charge in [-0.05, 0) is 6.92 Å². The van der Waals surface area contributed by atoms with Crippen LogP contribution in [0, 0.1) is 0 Å². The maximum atomic E-state index is 8.75. The van der Waals surface area contributed by atoms with Gasteiger partial charge < -0.3 is 25.5 Å². The van der Waals surface area contributed by atoms with Crippen molar-refractivity contribution in [2.45, 2.75) is 31.5 Å². The van der Waals surface area contributed by atoms with Crippen LogP contribution in [0.5, 0.6) is 0 Å². The lowest BCUT2D eigenvalue weighted by Gasteiger charge is -2.20. The smallest absolute Gasteiger partial charge is 0.180 e. The van der Waals surface area contributed by atoms with Crippen LogP contribution >= 0.6 is 0 Å². The largest absolute Gasteiger partial charge is 0.391 e. The number of hydrogen-bond acceptors (Lipinski definition) is 5. The molecule has 0 aliphatic carbocycles. The van der Waals surface area contributed by atoms with Crippen molar-refractivity contribution in [2.24, 2.45) is 0 Å². The third-order valence-electron chi connectivity index (χ3n) is 1.15. The predicted molar refractivity (Wildman–Crippen MR) is 31.9 cm³/mol. The second-order valence-electron chi connectivity index (χ2n) is 2.14. The first-order chi connectivity index (χ1) is 4.46. The highest BCUT2D eigenvalue weighted by Crippen LogP contribution is 2.01. The molecule has 0 aromatic rings. The first-order valence-electron chi connectivity index (χ1n) is 2.87. The number of aliphatic hydroxyl groups excluding tert-OH is 4. The summed E-state index contributed by atoms with van der Waals surface area (Å²) in [6, 6.07) is 0. The lowest BCUT2D eigenvalue weighted by molar-refractivity contribution is -0.174. The number of aliphatic hydroxyl groups is 5. The molecular weight excluding hydrogens is 140 g/mol. The number of hydrogen-bond donors (Lipinski definition) is 5. The second kappa shape index (κ2) is 3.85. The van der Waals surface area contributed by atoms with Gasteiger partial charge in [-0.25, -0.2) is 0 Å². The van der Waals surface area contributed by atoms with Gasteiger partial charge in [0.05, 0.1) is 6.10 Å². The molecule has 0 saturated carbocycles. The van der Waals surface area contributed by atoms with E-state index in [1.165, 1.54) is 6.92 Å². The van der Waals surface area contributed by atoms with E-state index >= 15 is 0 Å². The van der Waals surface area contributed by atoms with E-state index in [1.54, 1.807) is 0 Å². The molecule has 0 rings (SSSR count). The molecule has 0 amide bonds. The average molecular weight is 152 g/mol.